The molecule has 1 heterocycles. The van der Waals surface area contributed by atoms with E-state index in [0.29, 0.717) is 18.4 Å². The summed E-state index contributed by atoms with van der Waals surface area (Å²) in [6.07, 6.45) is -2.87. The second-order valence-corrected chi connectivity index (χ2v) is 20.0. The average molecular weight is 682 g/mol. The number of thioether (sulfide) groups is 1. The third kappa shape index (κ3) is 8.78. The number of aromatic nitrogens is 3. The Hall–Kier alpha value is -3.77. The predicted molar refractivity (Wildman–Crippen MR) is 179 cm³/mol. The van der Waals surface area contributed by atoms with Crippen molar-refractivity contribution in [3.8, 4) is 0 Å². The number of hydrogen-bond donors (Lipinski definition) is 0. The fraction of sp³-hybridized carbons (Fsp3) is 0.400. The summed E-state index contributed by atoms with van der Waals surface area (Å²) in [7, 11) is -1.51. The lowest BCUT2D eigenvalue weighted by Gasteiger charge is -2.24. The summed E-state index contributed by atoms with van der Waals surface area (Å²) in [5.74, 6) is -1.79. The largest absolute Gasteiger partial charge is 0.466 e. The number of rotatable bonds is 12. The van der Waals surface area contributed by atoms with Crippen molar-refractivity contribution in [2.75, 3.05) is 12.4 Å². The predicted octanol–water partition coefficient (Wildman–Crippen LogP) is 7.55. The average Bonchev–Trinajstić information content (AvgIpc) is 3.45. The molecule has 0 aliphatic heterocycles. The Balaban J connectivity index is 1.34. The van der Waals surface area contributed by atoms with E-state index < -0.39 is 49.1 Å². The SMILES string of the molecule is C[Si](C)(C)CCOC(=O)C1C(Cn2nnc3ccc(C(F)(F)F)cc3c2=O)CCC1C(=O)c1ccc(SCCc2ccccc2)cc1. The van der Waals surface area contributed by atoms with Crippen LogP contribution in [0.15, 0.2) is 82.5 Å². The minimum Gasteiger partial charge on any atom is -0.466 e. The Morgan fingerprint density at radius 2 is 1.72 bits per heavy atom. The number of benzene rings is 3. The van der Waals surface area contributed by atoms with Gasteiger partial charge in [0, 0.05) is 30.2 Å². The van der Waals surface area contributed by atoms with Crippen LogP contribution in [0.5, 0.6) is 0 Å². The van der Waals surface area contributed by atoms with Gasteiger partial charge in [-0.15, -0.1) is 16.9 Å². The van der Waals surface area contributed by atoms with Crippen LogP contribution in [0.25, 0.3) is 10.9 Å². The molecule has 0 radical (unpaired) electrons. The van der Waals surface area contributed by atoms with Gasteiger partial charge in [0.15, 0.2) is 5.78 Å². The van der Waals surface area contributed by atoms with Crippen molar-refractivity contribution in [3.63, 3.8) is 0 Å². The molecule has 1 fully saturated rings. The maximum atomic E-state index is 13.9. The number of hydrogen-bond acceptors (Lipinski definition) is 7. The third-order valence-corrected chi connectivity index (χ3v) is 11.3. The van der Waals surface area contributed by atoms with Gasteiger partial charge in [-0.3, -0.25) is 14.4 Å². The first-order chi connectivity index (χ1) is 22.3. The van der Waals surface area contributed by atoms with Crippen LogP contribution in [0.1, 0.15) is 34.3 Å². The first kappa shape index (κ1) is 34.6. The lowest BCUT2D eigenvalue weighted by molar-refractivity contribution is -0.150. The fourth-order valence-electron chi connectivity index (χ4n) is 5.95. The van der Waals surface area contributed by atoms with E-state index in [0.717, 1.165) is 46.0 Å². The molecule has 248 valence electrons. The van der Waals surface area contributed by atoms with Crippen LogP contribution in [0.2, 0.25) is 25.7 Å². The number of halogens is 3. The zero-order chi connectivity index (χ0) is 33.8. The highest BCUT2D eigenvalue weighted by Crippen LogP contribution is 2.41. The molecular formula is C35H38F3N3O4SSi. The van der Waals surface area contributed by atoms with E-state index in [9.17, 15) is 27.6 Å². The lowest BCUT2D eigenvalue weighted by atomic mass is 9.84. The van der Waals surface area contributed by atoms with E-state index in [1.54, 1.807) is 23.9 Å². The number of aryl methyl sites for hydroxylation is 1. The highest BCUT2D eigenvalue weighted by Gasteiger charge is 2.46. The van der Waals surface area contributed by atoms with Crippen molar-refractivity contribution in [1.82, 2.24) is 15.0 Å². The van der Waals surface area contributed by atoms with Gasteiger partial charge in [0.05, 0.1) is 30.0 Å². The van der Waals surface area contributed by atoms with Gasteiger partial charge in [-0.2, -0.15) is 13.2 Å². The normalized spacial score (nSPS) is 18.4. The Morgan fingerprint density at radius 3 is 2.40 bits per heavy atom. The standard InChI is InChI=1S/C35H38F3N3O4SSi/c1-47(2,3)20-18-45-34(44)31-25(22-41-33(43)29-21-26(35(36,37)38)12-16-30(29)39-40-41)11-15-28(31)32(42)24-9-13-27(14-10-24)46-19-17-23-7-5-4-6-8-23/h4-10,12-14,16,21,25,28,31H,11,15,17-20,22H2,1-3H3. The fourth-order valence-corrected chi connectivity index (χ4v) is 7.56. The summed E-state index contributed by atoms with van der Waals surface area (Å²) >= 11 is 1.70. The summed E-state index contributed by atoms with van der Waals surface area (Å²) < 4.78 is 46.8. The molecule has 0 saturated heterocycles. The molecule has 47 heavy (non-hydrogen) atoms. The maximum absolute atomic E-state index is 13.9. The molecule has 3 atom stereocenters. The molecule has 3 unspecified atom stereocenters. The van der Waals surface area contributed by atoms with Crippen molar-refractivity contribution in [3.05, 3.63) is 99.8 Å². The molecule has 5 rings (SSSR count). The number of carbonyl (C=O) groups excluding carboxylic acids is 2. The van der Waals surface area contributed by atoms with Gasteiger partial charge in [-0.25, -0.2) is 4.68 Å². The monoisotopic (exact) mass is 681 g/mol. The number of Topliss-reactive ketones (excluding diaryl/α,β-unsaturated/α-hetero) is 1. The van der Waals surface area contributed by atoms with Crippen molar-refractivity contribution < 1.29 is 27.5 Å². The van der Waals surface area contributed by atoms with Crippen LogP contribution in [0.4, 0.5) is 13.2 Å². The number of esters is 1. The molecule has 7 nitrogen and oxygen atoms in total. The molecule has 1 aliphatic carbocycles. The minimum absolute atomic E-state index is 0.0442. The number of nitrogens with zero attached hydrogens (tertiary/aromatic N) is 3. The molecule has 12 heteroatoms. The molecule has 1 aliphatic rings. The third-order valence-electron chi connectivity index (χ3n) is 8.59. The van der Waals surface area contributed by atoms with Crippen molar-refractivity contribution in [2.45, 2.75) is 62.6 Å². The zero-order valence-electron chi connectivity index (χ0n) is 26.6. The molecule has 0 spiro atoms. The summed E-state index contributed by atoms with van der Waals surface area (Å²) in [6.45, 7) is 6.68. The minimum atomic E-state index is -4.63. The smallest absolute Gasteiger partial charge is 0.416 e. The van der Waals surface area contributed by atoms with Crippen LogP contribution in [-0.4, -0.2) is 47.2 Å². The quantitative estimate of drug-likeness (QED) is 0.0660. The summed E-state index contributed by atoms with van der Waals surface area (Å²) in [5, 5.41) is 7.73. The molecule has 1 saturated carbocycles. The molecule has 0 amide bonds. The van der Waals surface area contributed by atoms with Crippen LogP contribution < -0.4 is 5.56 Å². The van der Waals surface area contributed by atoms with E-state index in [1.165, 1.54) is 5.56 Å². The van der Waals surface area contributed by atoms with Gasteiger partial charge in [-0.1, -0.05) is 67.3 Å². The van der Waals surface area contributed by atoms with Crippen molar-refractivity contribution in [2.24, 2.45) is 17.8 Å². The van der Waals surface area contributed by atoms with Gasteiger partial charge in [0.2, 0.25) is 0 Å². The van der Waals surface area contributed by atoms with Gasteiger partial charge in [0.1, 0.15) is 5.52 Å². The first-order valence-electron chi connectivity index (χ1n) is 15.7. The zero-order valence-corrected chi connectivity index (χ0v) is 28.4. The number of carbonyl (C=O) groups is 2. The topological polar surface area (TPSA) is 91.2 Å². The van der Waals surface area contributed by atoms with E-state index >= 15 is 0 Å². The van der Waals surface area contributed by atoms with E-state index in [2.05, 4.69) is 42.1 Å². The van der Waals surface area contributed by atoms with Crippen LogP contribution >= 0.6 is 11.8 Å². The van der Waals surface area contributed by atoms with Crippen LogP contribution in [0.3, 0.4) is 0 Å². The van der Waals surface area contributed by atoms with E-state index in [-0.39, 0.29) is 29.8 Å². The van der Waals surface area contributed by atoms with Gasteiger partial charge in [0.25, 0.3) is 5.56 Å². The number of ketones is 1. The lowest BCUT2D eigenvalue weighted by Crippen LogP contribution is -2.36. The Bertz CT molecular complexity index is 1780. The van der Waals surface area contributed by atoms with Gasteiger partial charge >= 0.3 is 12.1 Å². The highest BCUT2D eigenvalue weighted by atomic mass is 32.2. The molecule has 4 aromatic rings. The van der Waals surface area contributed by atoms with Crippen LogP contribution in [-0.2, 0) is 28.7 Å². The Morgan fingerprint density at radius 1 is 1.00 bits per heavy atom. The van der Waals surface area contributed by atoms with Crippen molar-refractivity contribution >= 4 is 42.5 Å². The second kappa shape index (κ2) is 14.6. The summed E-state index contributed by atoms with van der Waals surface area (Å²) in [6, 6.07) is 21.1. The van der Waals surface area contributed by atoms with E-state index in [4.69, 9.17) is 4.74 Å². The van der Waals surface area contributed by atoms with Crippen LogP contribution in [0, 0.1) is 17.8 Å². The molecule has 0 bridgehead atoms. The van der Waals surface area contributed by atoms with E-state index in [1.807, 2.05) is 30.3 Å². The number of ether oxygens (including phenoxy) is 1. The van der Waals surface area contributed by atoms with Gasteiger partial charge < -0.3 is 4.74 Å². The summed E-state index contributed by atoms with van der Waals surface area (Å²) in [4.78, 5) is 41.8. The highest BCUT2D eigenvalue weighted by molar-refractivity contribution is 7.99. The Kier molecular flexibility index (Phi) is 10.7. The Labute approximate surface area is 276 Å². The second-order valence-electron chi connectivity index (χ2n) is 13.2. The molecular weight excluding hydrogens is 644 g/mol. The molecule has 1 aromatic heterocycles. The van der Waals surface area contributed by atoms with Crippen molar-refractivity contribution in [1.29, 1.82) is 0 Å². The molecule has 0 N–H and O–H groups in total. The first-order valence-corrected chi connectivity index (χ1v) is 20.4. The number of alkyl halides is 3. The maximum Gasteiger partial charge on any atom is 0.416 e. The molecule has 3 aromatic carbocycles. The van der Waals surface area contributed by atoms with Gasteiger partial charge in [-0.05, 0) is 67.1 Å². The number of fused-ring (bicyclic) bond motifs is 1. The summed E-state index contributed by atoms with van der Waals surface area (Å²) in [5.41, 5.74) is 0.0982.